The molecule has 0 aliphatic carbocycles. The first-order valence-electron chi connectivity index (χ1n) is 6.07. The van der Waals surface area contributed by atoms with Crippen molar-refractivity contribution in [1.82, 2.24) is 0 Å². The van der Waals surface area contributed by atoms with Crippen LogP contribution in [-0.2, 0) is 9.53 Å². The van der Waals surface area contributed by atoms with Crippen molar-refractivity contribution < 1.29 is 19.2 Å². The number of ether oxygens (including phenoxy) is 1. The summed E-state index contributed by atoms with van der Waals surface area (Å²) in [5, 5.41) is 11.0. The fraction of sp³-hybridized carbons (Fsp3) is 0.0667. The fourth-order valence-corrected chi connectivity index (χ4v) is 1.96. The van der Waals surface area contributed by atoms with E-state index in [9.17, 15) is 19.7 Å². The monoisotopic (exact) mass is 285 g/mol. The average molecular weight is 285 g/mol. The lowest BCUT2D eigenvalue weighted by molar-refractivity contribution is -0.385. The van der Waals surface area contributed by atoms with Crippen LogP contribution in [0.2, 0.25) is 0 Å². The second-order valence-electron chi connectivity index (χ2n) is 4.16. The highest BCUT2D eigenvalue weighted by atomic mass is 16.6. The summed E-state index contributed by atoms with van der Waals surface area (Å²) >= 11 is 0. The van der Waals surface area contributed by atoms with Gasteiger partial charge < -0.3 is 4.74 Å². The van der Waals surface area contributed by atoms with Gasteiger partial charge in [0.2, 0.25) is 5.78 Å². The summed E-state index contributed by atoms with van der Waals surface area (Å²) in [5.41, 5.74) is 0.0314. The predicted molar refractivity (Wildman–Crippen MR) is 73.8 cm³/mol. The first kappa shape index (κ1) is 14.4. The third-order valence-electron chi connectivity index (χ3n) is 2.90. The van der Waals surface area contributed by atoms with E-state index >= 15 is 0 Å². The van der Waals surface area contributed by atoms with Crippen molar-refractivity contribution in [2.24, 2.45) is 0 Å². The minimum atomic E-state index is -1.20. The van der Waals surface area contributed by atoms with Crippen molar-refractivity contribution in [2.75, 3.05) is 0 Å². The van der Waals surface area contributed by atoms with Crippen LogP contribution in [-0.4, -0.2) is 17.2 Å². The van der Waals surface area contributed by atoms with Gasteiger partial charge in [0.25, 0.3) is 12.2 Å². The van der Waals surface area contributed by atoms with Gasteiger partial charge in [-0.25, -0.2) is 0 Å². The molecule has 21 heavy (non-hydrogen) atoms. The number of nitrogens with zero attached hydrogens (tertiary/aromatic N) is 1. The highest BCUT2D eigenvalue weighted by molar-refractivity contribution is 6.03. The summed E-state index contributed by atoms with van der Waals surface area (Å²) in [7, 11) is 0. The topological polar surface area (TPSA) is 86.5 Å². The summed E-state index contributed by atoms with van der Waals surface area (Å²) in [5.74, 6) is -0.638. The van der Waals surface area contributed by atoms with E-state index in [2.05, 4.69) is 0 Å². The van der Waals surface area contributed by atoms with Crippen LogP contribution in [0.1, 0.15) is 22.0 Å². The van der Waals surface area contributed by atoms with Gasteiger partial charge in [0.15, 0.2) is 6.10 Å². The number of Topliss-reactive ketones (excluding diaryl/α,β-unsaturated/α-hetero) is 1. The van der Waals surface area contributed by atoms with E-state index in [0.29, 0.717) is 5.56 Å². The number of ketones is 1. The number of carbonyl (C=O) groups excluding carboxylic acids is 2. The average Bonchev–Trinajstić information content (AvgIpc) is 2.52. The molecule has 0 saturated heterocycles. The van der Waals surface area contributed by atoms with Crippen LogP contribution in [0.15, 0.2) is 54.6 Å². The van der Waals surface area contributed by atoms with Crippen molar-refractivity contribution in [3.05, 3.63) is 75.8 Å². The Bertz CT molecular complexity index is 669. The Kier molecular flexibility index (Phi) is 4.40. The summed E-state index contributed by atoms with van der Waals surface area (Å²) in [4.78, 5) is 33.5. The second kappa shape index (κ2) is 6.42. The highest BCUT2D eigenvalue weighted by Gasteiger charge is 2.28. The molecule has 6 nitrogen and oxygen atoms in total. The maximum atomic E-state index is 12.5. The van der Waals surface area contributed by atoms with E-state index in [-0.39, 0.29) is 17.7 Å². The zero-order valence-corrected chi connectivity index (χ0v) is 10.8. The van der Waals surface area contributed by atoms with E-state index < -0.39 is 16.8 Å². The van der Waals surface area contributed by atoms with Crippen LogP contribution in [0.5, 0.6) is 0 Å². The lowest BCUT2D eigenvalue weighted by Gasteiger charge is -2.14. The molecule has 0 radical (unpaired) electrons. The molecule has 1 atom stereocenters. The smallest absolute Gasteiger partial charge is 0.294 e. The Balaban J connectivity index is 2.45. The maximum absolute atomic E-state index is 12.5. The Morgan fingerprint density at radius 3 is 2.33 bits per heavy atom. The number of benzene rings is 2. The standard InChI is InChI=1S/C15H11NO5/c17-10-21-15(11-6-2-1-3-7-11)14(18)12-8-4-5-9-13(12)16(19)20/h1-10,15H. The molecule has 0 bridgehead atoms. The van der Waals surface area contributed by atoms with Crippen LogP contribution < -0.4 is 0 Å². The number of para-hydroxylation sites is 1. The molecule has 0 aliphatic heterocycles. The number of nitro benzene ring substituents is 1. The highest BCUT2D eigenvalue weighted by Crippen LogP contribution is 2.26. The van der Waals surface area contributed by atoms with Gasteiger partial charge in [0.05, 0.1) is 10.5 Å². The van der Waals surface area contributed by atoms with Crippen LogP contribution in [0.3, 0.4) is 0 Å². The Morgan fingerprint density at radius 1 is 1.10 bits per heavy atom. The number of carbonyl (C=O) groups is 2. The van der Waals surface area contributed by atoms with E-state index in [4.69, 9.17) is 4.74 Å². The van der Waals surface area contributed by atoms with Gasteiger partial charge in [-0.1, -0.05) is 42.5 Å². The molecular formula is C15H11NO5. The second-order valence-corrected chi connectivity index (χ2v) is 4.16. The molecule has 1 unspecified atom stereocenters. The fourth-order valence-electron chi connectivity index (χ4n) is 1.96. The van der Waals surface area contributed by atoms with Crippen LogP contribution in [0.4, 0.5) is 5.69 Å². The molecule has 0 amide bonds. The Labute approximate surface area is 120 Å². The first-order chi connectivity index (χ1) is 10.1. The number of rotatable bonds is 6. The van der Waals surface area contributed by atoms with Crippen molar-refractivity contribution in [2.45, 2.75) is 6.10 Å². The normalized spacial score (nSPS) is 11.4. The van der Waals surface area contributed by atoms with Gasteiger partial charge in [0, 0.05) is 11.6 Å². The molecule has 106 valence electrons. The lowest BCUT2D eigenvalue weighted by Crippen LogP contribution is -2.17. The van der Waals surface area contributed by atoms with Crippen molar-refractivity contribution in [3.8, 4) is 0 Å². The largest absolute Gasteiger partial charge is 0.451 e. The quantitative estimate of drug-likeness (QED) is 0.352. The van der Waals surface area contributed by atoms with Gasteiger partial charge in [-0.15, -0.1) is 0 Å². The summed E-state index contributed by atoms with van der Waals surface area (Å²) in [6.07, 6.45) is -1.20. The molecule has 0 heterocycles. The molecular weight excluding hydrogens is 274 g/mol. The van der Waals surface area contributed by atoms with Gasteiger partial charge >= 0.3 is 0 Å². The molecule has 6 heteroatoms. The molecule has 0 spiro atoms. The summed E-state index contributed by atoms with van der Waals surface area (Å²) in [6, 6.07) is 13.9. The third-order valence-corrected chi connectivity index (χ3v) is 2.90. The van der Waals surface area contributed by atoms with Crippen molar-refractivity contribution in [1.29, 1.82) is 0 Å². The number of nitro groups is 1. The van der Waals surface area contributed by atoms with E-state index in [1.54, 1.807) is 30.3 Å². The van der Waals surface area contributed by atoms with Crippen molar-refractivity contribution >= 4 is 17.9 Å². The summed E-state index contributed by atoms with van der Waals surface area (Å²) < 4.78 is 4.83. The predicted octanol–water partition coefficient (Wildman–Crippen LogP) is 2.69. The zero-order chi connectivity index (χ0) is 15.2. The molecule has 0 N–H and O–H groups in total. The Morgan fingerprint density at radius 2 is 1.71 bits per heavy atom. The SMILES string of the molecule is O=COC(C(=O)c1ccccc1[N+](=O)[O-])c1ccccc1. The first-order valence-corrected chi connectivity index (χ1v) is 6.07. The Hall–Kier alpha value is -3.02. The molecule has 2 aromatic carbocycles. The molecule has 0 aromatic heterocycles. The molecule has 2 rings (SSSR count). The minimum absolute atomic E-state index is 0.0989. The molecule has 2 aromatic rings. The van der Waals surface area contributed by atoms with Crippen LogP contribution in [0.25, 0.3) is 0 Å². The van der Waals surface area contributed by atoms with Crippen LogP contribution >= 0.6 is 0 Å². The lowest BCUT2D eigenvalue weighted by atomic mass is 9.98. The van der Waals surface area contributed by atoms with E-state index in [1.807, 2.05) is 0 Å². The van der Waals surface area contributed by atoms with Gasteiger partial charge in [-0.05, 0) is 6.07 Å². The molecule has 0 fully saturated rings. The van der Waals surface area contributed by atoms with Gasteiger partial charge in [0.1, 0.15) is 0 Å². The number of hydrogen-bond donors (Lipinski definition) is 0. The van der Waals surface area contributed by atoms with E-state index in [1.165, 1.54) is 24.3 Å². The number of hydrogen-bond acceptors (Lipinski definition) is 5. The maximum Gasteiger partial charge on any atom is 0.294 e. The molecule has 0 saturated carbocycles. The van der Waals surface area contributed by atoms with Crippen LogP contribution in [0, 0.1) is 10.1 Å². The van der Waals surface area contributed by atoms with Gasteiger partial charge in [-0.3, -0.25) is 19.7 Å². The zero-order valence-electron chi connectivity index (χ0n) is 10.8. The van der Waals surface area contributed by atoms with Crippen molar-refractivity contribution in [3.63, 3.8) is 0 Å². The van der Waals surface area contributed by atoms with E-state index in [0.717, 1.165) is 0 Å². The third kappa shape index (κ3) is 3.11. The minimum Gasteiger partial charge on any atom is -0.451 e. The summed E-state index contributed by atoms with van der Waals surface area (Å²) in [6.45, 7) is 0.157. The van der Waals surface area contributed by atoms with Gasteiger partial charge in [-0.2, -0.15) is 0 Å². The molecule has 0 aliphatic rings.